The zero-order chi connectivity index (χ0) is 18.9. The number of nitrogens with zero attached hydrogens (tertiary/aromatic N) is 5. The lowest BCUT2D eigenvalue weighted by atomic mass is 10.1. The van der Waals surface area contributed by atoms with E-state index in [4.69, 9.17) is 0 Å². The predicted molar refractivity (Wildman–Crippen MR) is 90.1 cm³/mol. The van der Waals surface area contributed by atoms with Gasteiger partial charge in [0.15, 0.2) is 5.69 Å². The van der Waals surface area contributed by atoms with Crippen molar-refractivity contribution in [2.75, 3.05) is 18.0 Å². The minimum absolute atomic E-state index is 0.162. The number of carbonyl (C=O) groups excluding carboxylic acids is 1. The maximum absolute atomic E-state index is 12.7. The van der Waals surface area contributed by atoms with Gasteiger partial charge in [-0.25, -0.2) is 4.98 Å². The predicted octanol–water partition coefficient (Wildman–Crippen LogP) is 2.77. The molecule has 2 aromatic heterocycles. The van der Waals surface area contributed by atoms with E-state index in [9.17, 15) is 18.0 Å². The standard InChI is InChI=1S/C15H19F3N6OS/c1-9(13-20-14(22-26-13)24-6-4-3-5-7-24)19-12(25)10-8-11(15(16,17)18)21-23(10)2/h8-9H,3-7H2,1-2H3,(H,19,25)/t9-/m1/s1. The summed E-state index contributed by atoms with van der Waals surface area (Å²) in [4.78, 5) is 18.9. The molecular weight excluding hydrogens is 369 g/mol. The zero-order valence-corrected chi connectivity index (χ0v) is 15.2. The summed E-state index contributed by atoms with van der Waals surface area (Å²) >= 11 is 1.18. The largest absolute Gasteiger partial charge is 0.435 e. The summed E-state index contributed by atoms with van der Waals surface area (Å²) in [6.07, 6.45) is -1.19. The van der Waals surface area contributed by atoms with Crippen LogP contribution in [0.5, 0.6) is 0 Å². The number of piperidine rings is 1. The van der Waals surface area contributed by atoms with Gasteiger partial charge in [0, 0.05) is 26.2 Å². The van der Waals surface area contributed by atoms with Crippen LogP contribution in [0, 0.1) is 0 Å². The third-order valence-corrected chi connectivity index (χ3v) is 5.08. The van der Waals surface area contributed by atoms with Gasteiger partial charge in [-0.3, -0.25) is 9.48 Å². The second-order valence-electron chi connectivity index (χ2n) is 6.21. The normalized spacial score (nSPS) is 16.6. The van der Waals surface area contributed by atoms with E-state index in [2.05, 4.69) is 24.7 Å². The Hall–Kier alpha value is -2.17. The van der Waals surface area contributed by atoms with Crippen molar-refractivity contribution in [3.8, 4) is 0 Å². The number of rotatable bonds is 4. The summed E-state index contributed by atoms with van der Waals surface area (Å²) in [5.74, 6) is 0.00316. The first-order valence-corrected chi connectivity index (χ1v) is 9.03. The highest BCUT2D eigenvalue weighted by Gasteiger charge is 2.35. The molecule has 0 aliphatic carbocycles. The van der Waals surface area contributed by atoms with Crippen LogP contribution in [-0.4, -0.2) is 38.1 Å². The van der Waals surface area contributed by atoms with Crippen molar-refractivity contribution >= 4 is 23.4 Å². The Balaban J connectivity index is 1.68. The first-order valence-electron chi connectivity index (χ1n) is 8.26. The summed E-state index contributed by atoms with van der Waals surface area (Å²) in [6.45, 7) is 3.54. The molecule has 3 rings (SSSR count). The Morgan fingerprint density at radius 1 is 1.31 bits per heavy atom. The third kappa shape index (κ3) is 3.97. The molecule has 1 fully saturated rings. The molecule has 7 nitrogen and oxygen atoms in total. The van der Waals surface area contributed by atoms with E-state index < -0.39 is 23.8 Å². The molecule has 0 aromatic carbocycles. The Kier molecular flexibility index (Phi) is 5.17. The fourth-order valence-corrected chi connectivity index (χ4v) is 3.45. The molecule has 1 amide bonds. The highest BCUT2D eigenvalue weighted by molar-refractivity contribution is 7.05. The van der Waals surface area contributed by atoms with Gasteiger partial charge < -0.3 is 10.2 Å². The van der Waals surface area contributed by atoms with Crippen LogP contribution in [0.1, 0.15) is 53.4 Å². The molecule has 26 heavy (non-hydrogen) atoms. The molecule has 0 bridgehead atoms. The van der Waals surface area contributed by atoms with Crippen LogP contribution in [0.25, 0.3) is 0 Å². The van der Waals surface area contributed by atoms with Crippen molar-refractivity contribution in [2.24, 2.45) is 7.05 Å². The second kappa shape index (κ2) is 7.22. The number of alkyl halides is 3. The van der Waals surface area contributed by atoms with E-state index in [1.807, 2.05) is 0 Å². The minimum Gasteiger partial charge on any atom is -0.342 e. The maximum atomic E-state index is 12.7. The average molecular weight is 388 g/mol. The van der Waals surface area contributed by atoms with E-state index in [0.717, 1.165) is 36.7 Å². The molecule has 1 atom stereocenters. The van der Waals surface area contributed by atoms with Crippen LogP contribution >= 0.6 is 11.5 Å². The van der Waals surface area contributed by atoms with Gasteiger partial charge in [0.25, 0.3) is 5.91 Å². The van der Waals surface area contributed by atoms with Crippen molar-refractivity contribution in [1.29, 1.82) is 0 Å². The molecule has 0 saturated carbocycles. The molecule has 1 aliphatic heterocycles. The number of hydrogen-bond acceptors (Lipinski definition) is 6. The Labute approximate surface area is 152 Å². The van der Waals surface area contributed by atoms with Crippen LogP contribution in [-0.2, 0) is 13.2 Å². The summed E-state index contributed by atoms with van der Waals surface area (Å²) < 4.78 is 43.4. The molecule has 142 valence electrons. The first kappa shape index (κ1) is 18.6. The summed E-state index contributed by atoms with van der Waals surface area (Å²) in [5, 5.41) is 6.61. The number of aromatic nitrogens is 4. The number of nitrogens with one attached hydrogen (secondary N) is 1. The second-order valence-corrected chi connectivity index (χ2v) is 7.00. The molecule has 1 aliphatic rings. The van der Waals surface area contributed by atoms with Gasteiger partial charge in [0.05, 0.1) is 6.04 Å². The number of amides is 1. The number of aryl methyl sites for hydroxylation is 1. The molecule has 11 heteroatoms. The van der Waals surface area contributed by atoms with Gasteiger partial charge in [-0.2, -0.15) is 22.6 Å². The number of hydrogen-bond donors (Lipinski definition) is 1. The topological polar surface area (TPSA) is 75.9 Å². The van der Waals surface area contributed by atoms with Gasteiger partial charge in [0.2, 0.25) is 5.95 Å². The van der Waals surface area contributed by atoms with Crippen LogP contribution in [0.3, 0.4) is 0 Å². The maximum Gasteiger partial charge on any atom is 0.435 e. The van der Waals surface area contributed by atoms with Crippen molar-refractivity contribution in [3.63, 3.8) is 0 Å². The molecule has 0 unspecified atom stereocenters. The van der Waals surface area contributed by atoms with Gasteiger partial charge >= 0.3 is 6.18 Å². The minimum atomic E-state index is -4.59. The fraction of sp³-hybridized carbons (Fsp3) is 0.600. The Morgan fingerprint density at radius 3 is 2.62 bits per heavy atom. The lowest BCUT2D eigenvalue weighted by Gasteiger charge is -2.25. The summed E-state index contributed by atoms with van der Waals surface area (Å²) in [6, 6.07) is 0.268. The van der Waals surface area contributed by atoms with Gasteiger partial charge in [-0.1, -0.05) is 0 Å². The molecular formula is C15H19F3N6OS. The molecule has 3 heterocycles. The number of halogens is 3. The van der Waals surface area contributed by atoms with E-state index >= 15 is 0 Å². The van der Waals surface area contributed by atoms with E-state index in [1.165, 1.54) is 25.0 Å². The lowest BCUT2D eigenvalue weighted by molar-refractivity contribution is -0.141. The molecule has 1 saturated heterocycles. The van der Waals surface area contributed by atoms with Crippen molar-refractivity contribution < 1.29 is 18.0 Å². The third-order valence-electron chi connectivity index (χ3n) is 4.19. The summed E-state index contributed by atoms with van der Waals surface area (Å²) in [7, 11) is 1.30. The quantitative estimate of drug-likeness (QED) is 0.872. The van der Waals surface area contributed by atoms with Crippen LogP contribution < -0.4 is 10.2 Å². The smallest absolute Gasteiger partial charge is 0.342 e. The van der Waals surface area contributed by atoms with E-state index in [0.29, 0.717) is 11.0 Å². The Bertz CT molecular complexity index is 781. The first-order chi connectivity index (χ1) is 12.3. The fourth-order valence-electron chi connectivity index (χ4n) is 2.78. The molecule has 0 radical (unpaired) electrons. The van der Waals surface area contributed by atoms with Gasteiger partial charge in [-0.15, -0.1) is 0 Å². The van der Waals surface area contributed by atoms with Crippen molar-refractivity contribution in [2.45, 2.75) is 38.4 Å². The zero-order valence-electron chi connectivity index (χ0n) is 14.4. The van der Waals surface area contributed by atoms with E-state index in [1.54, 1.807) is 6.92 Å². The molecule has 1 N–H and O–H groups in total. The van der Waals surface area contributed by atoms with Crippen LogP contribution in [0.2, 0.25) is 0 Å². The SMILES string of the molecule is C[C@@H](NC(=O)c1cc(C(F)(F)F)nn1C)c1nc(N2CCCCC2)ns1. The van der Waals surface area contributed by atoms with E-state index in [-0.39, 0.29) is 5.69 Å². The van der Waals surface area contributed by atoms with Crippen LogP contribution in [0.4, 0.5) is 19.1 Å². The number of carbonyl (C=O) groups is 1. The highest BCUT2D eigenvalue weighted by Crippen LogP contribution is 2.28. The monoisotopic (exact) mass is 388 g/mol. The van der Waals surface area contributed by atoms with Crippen molar-refractivity contribution in [1.82, 2.24) is 24.5 Å². The van der Waals surface area contributed by atoms with Gasteiger partial charge in [-0.05, 0) is 37.7 Å². The number of anilines is 1. The van der Waals surface area contributed by atoms with Crippen molar-refractivity contribution in [3.05, 3.63) is 22.5 Å². The molecule has 0 spiro atoms. The highest BCUT2D eigenvalue weighted by atomic mass is 32.1. The lowest BCUT2D eigenvalue weighted by Crippen LogP contribution is -2.30. The Morgan fingerprint density at radius 2 is 2.00 bits per heavy atom. The summed E-state index contributed by atoms with van der Waals surface area (Å²) in [5.41, 5.74) is -1.26. The average Bonchev–Trinajstić information content (AvgIpc) is 3.22. The van der Waals surface area contributed by atoms with Crippen LogP contribution in [0.15, 0.2) is 6.07 Å². The molecule has 2 aromatic rings. The van der Waals surface area contributed by atoms with Gasteiger partial charge in [0.1, 0.15) is 10.7 Å².